The molecule has 20 heavy (non-hydrogen) atoms. The fourth-order valence-corrected chi connectivity index (χ4v) is 2.64. The van der Waals surface area contributed by atoms with Crippen molar-refractivity contribution in [1.29, 1.82) is 5.26 Å². The Labute approximate surface area is 125 Å². The Kier molecular flexibility index (Phi) is 3.45. The van der Waals surface area contributed by atoms with Crippen LogP contribution in [0.5, 0.6) is 0 Å². The molecule has 102 valence electrons. The van der Waals surface area contributed by atoms with Crippen LogP contribution < -0.4 is 4.90 Å². The predicted octanol–water partition coefficient (Wildman–Crippen LogP) is 2.87. The summed E-state index contributed by atoms with van der Waals surface area (Å²) in [6.45, 7) is 3.62. The summed E-state index contributed by atoms with van der Waals surface area (Å²) >= 11 is 3.38. The van der Waals surface area contributed by atoms with E-state index in [1.54, 1.807) is 0 Å². The molecular weight excluding hydrogens is 320 g/mol. The number of hydrogen-bond donors (Lipinski definition) is 0. The van der Waals surface area contributed by atoms with Gasteiger partial charge in [0.05, 0.1) is 17.2 Å². The van der Waals surface area contributed by atoms with Crippen molar-refractivity contribution in [2.45, 2.75) is 19.3 Å². The van der Waals surface area contributed by atoms with E-state index in [1.807, 2.05) is 25.1 Å². The molecule has 1 aromatic carbocycles. The van der Waals surface area contributed by atoms with Gasteiger partial charge in [-0.1, -0.05) is 28.0 Å². The van der Waals surface area contributed by atoms with Gasteiger partial charge in [0.15, 0.2) is 5.82 Å². The topological polar surface area (TPSA) is 66.0 Å². The molecule has 1 aromatic heterocycles. The van der Waals surface area contributed by atoms with Gasteiger partial charge in [0, 0.05) is 24.0 Å². The zero-order valence-corrected chi connectivity index (χ0v) is 12.6. The number of halogens is 1. The summed E-state index contributed by atoms with van der Waals surface area (Å²) in [6, 6.07) is 7.98. The van der Waals surface area contributed by atoms with E-state index in [0.29, 0.717) is 11.5 Å². The highest BCUT2D eigenvalue weighted by atomic mass is 79.9. The van der Waals surface area contributed by atoms with Gasteiger partial charge in [-0.2, -0.15) is 10.2 Å². The minimum atomic E-state index is 0.262. The third kappa shape index (κ3) is 2.29. The molecule has 1 fully saturated rings. The quantitative estimate of drug-likeness (QED) is 0.864. The number of nitriles is 1. The molecule has 1 aliphatic heterocycles. The number of anilines is 1. The molecular formula is C14H13BrN4O. The molecule has 0 amide bonds. The van der Waals surface area contributed by atoms with Gasteiger partial charge in [0.2, 0.25) is 5.89 Å². The van der Waals surface area contributed by atoms with Crippen LogP contribution in [-0.4, -0.2) is 23.2 Å². The fraction of sp³-hybridized carbons (Fsp3) is 0.357. The number of benzene rings is 1. The Bertz CT molecular complexity index is 670. The molecule has 0 radical (unpaired) electrons. The minimum absolute atomic E-state index is 0.262. The summed E-state index contributed by atoms with van der Waals surface area (Å²) in [6.07, 6.45) is 0.783. The average molecular weight is 333 g/mol. The van der Waals surface area contributed by atoms with Crippen LogP contribution in [0.1, 0.15) is 30.1 Å². The number of rotatable bonds is 3. The first-order valence-corrected chi connectivity index (χ1v) is 7.27. The first-order chi connectivity index (χ1) is 9.71. The molecule has 1 saturated heterocycles. The van der Waals surface area contributed by atoms with E-state index in [4.69, 9.17) is 4.52 Å². The molecule has 0 unspecified atom stereocenters. The van der Waals surface area contributed by atoms with E-state index in [2.05, 4.69) is 37.0 Å². The molecule has 2 heterocycles. The lowest BCUT2D eigenvalue weighted by Crippen LogP contribution is -2.45. The van der Waals surface area contributed by atoms with Gasteiger partial charge in [0.25, 0.3) is 0 Å². The lowest BCUT2D eigenvalue weighted by atomic mass is 9.98. The number of nitrogens with zero attached hydrogens (tertiary/aromatic N) is 4. The predicted molar refractivity (Wildman–Crippen MR) is 77.5 cm³/mol. The Hall–Kier alpha value is -1.87. The van der Waals surface area contributed by atoms with Crippen molar-refractivity contribution in [3.05, 3.63) is 40.0 Å². The maximum atomic E-state index is 9.19. The van der Waals surface area contributed by atoms with Crippen molar-refractivity contribution in [1.82, 2.24) is 10.1 Å². The van der Waals surface area contributed by atoms with Crippen LogP contribution >= 0.6 is 15.9 Å². The van der Waals surface area contributed by atoms with Crippen molar-refractivity contribution in [3.63, 3.8) is 0 Å². The summed E-state index contributed by atoms with van der Waals surface area (Å²) in [5.74, 6) is 1.71. The number of aromatic nitrogens is 2. The van der Waals surface area contributed by atoms with Crippen LogP contribution in [0.25, 0.3) is 0 Å². The normalized spacial score (nSPS) is 14.9. The molecule has 0 saturated carbocycles. The smallest absolute Gasteiger partial charge is 0.233 e. The molecule has 1 aliphatic rings. The van der Waals surface area contributed by atoms with Gasteiger partial charge in [-0.05, 0) is 18.2 Å². The van der Waals surface area contributed by atoms with Crippen LogP contribution in [0.15, 0.2) is 27.2 Å². The van der Waals surface area contributed by atoms with Gasteiger partial charge in [0.1, 0.15) is 6.07 Å². The highest BCUT2D eigenvalue weighted by molar-refractivity contribution is 9.10. The van der Waals surface area contributed by atoms with E-state index in [-0.39, 0.29) is 5.92 Å². The van der Waals surface area contributed by atoms with Crippen molar-refractivity contribution in [3.8, 4) is 6.07 Å². The minimum Gasteiger partial charge on any atom is -0.369 e. The van der Waals surface area contributed by atoms with E-state index in [1.165, 1.54) is 0 Å². The highest BCUT2D eigenvalue weighted by Crippen LogP contribution is 2.33. The summed E-state index contributed by atoms with van der Waals surface area (Å²) in [5, 5.41) is 13.1. The largest absolute Gasteiger partial charge is 0.369 e. The molecule has 5 nitrogen and oxygen atoms in total. The molecule has 0 bridgehead atoms. The van der Waals surface area contributed by atoms with E-state index in [9.17, 15) is 5.26 Å². The SMILES string of the molecule is CCc1noc(C2CN(c3ccc(Br)cc3C#N)C2)n1. The number of aryl methyl sites for hydroxylation is 1. The Morgan fingerprint density at radius 2 is 2.30 bits per heavy atom. The maximum Gasteiger partial charge on any atom is 0.233 e. The van der Waals surface area contributed by atoms with Gasteiger partial charge >= 0.3 is 0 Å². The highest BCUT2D eigenvalue weighted by Gasteiger charge is 2.33. The lowest BCUT2D eigenvalue weighted by Gasteiger charge is -2.39. The van der Waals surface area contributed by atoms with Crippen LogP contribution in [0.2, 0.25) is 0 Å². The second-order valence-electron chi connectivity index (χ2n) is 4.78. The average Bonchev–Trinajstić information content (AvgIpc) is 2.87. The Morgan fingerprint density at radius 1 is 1.50 bits per heavy atom. The van der Waals surface area contributed by atoms with Crippen molar-refractivity contribution in [2.24, 2.45) is 0 Å². The van der Waals surface area contributed by atoms with Crippen LogP contribution in [-0.2, 0) is 6.42 Å². The lowest BCUT2D eigenvalue weighted by molar-refractivity contribution is 0.326. The summed E-state index contributed by atoms with van der Waals surface area (Å²) in [7, 11) is 0. The van der Waals surface area contributed by atoms with Crippen molar-refractivity contribution >= 4 is 21.6 Å². The zero-order chi connectivity index (χ0) is 14.1. The standard InChI is InChI=1S/C14H13BrN4O/c1-2-13-17-14(20-18-13)10-7-19(8-10)12-4-3-11(15)5-9(12)6-16/h3-5,10H,2,7-8H2,1H3. The molecule has 0 aliphatic carbocycles. The first kappa shape index (κ1) is 13.1. The van der Waals surface area contributed by atoms with Crippen LogP contribution in [0, 0.1) is 11.3 Å². The zero-order valence-electron chi connectivity index (χ0n) is 11.0. The second-order valence-corrected chi connectivity index (χ2v) is 5.69. The van der Waals surface area contributed by atoms with Crippen LogP contribution in [0.4, 0.5) is 5.69 Å². The summed E-state index contributed by atoms with van der Waals surface area (Å²) in [5.41, 5.74) is 1.64. The van der Waals surface area contributed by atoms with Crippen molar-refractivity contribution < 1.29 is 4.52 Å². The Balaban J connectivity index is 1.73. The molecule has 0 spiro atoms. The van der Waals surface area contributed by atoms with Crippen LogP contribution in [0.3, 0.4) is 0 Å². The molecule has 6 heteroatoms. The van der Waals surface area contributed by atoms with Gasteiger partial charge in [-0.15, -0.1) is 0 Å². The second kappa shape index (κ2) is 5.25. The summed E-state index contributed by atoms with van der Waals surface area (Å²) in [4.78, 5) is 6.52. The molecule has 0 atom stereocenters. The van der Waals surface area contributed by atoms with E-state index in [0.717, 1.165) is 35.5 Å². The van der Waals surface area contributed by atoms with E-state index < -0.39 is 0 Å². The maximum absolute atomic E-state index is 9.19. The summed E-state index contributed by atoms with van der Waals surface area (Å²) < 4.78 is 6.18. The number of hydrogen-bond acceptors (Lipinski definition) is 5. The van der Waals surface area contributed by atoms with Gasteiger partial charge in [-0.25, -0.2) is 0 Å². The monoisotopic (exact) mass is 332 g/mol. The van der Waals surface area contributed by atoms with Gasteiger partial charge in [-0.3, -0.25) is 0 Å². The van der Waals surface area contributed by atoms with E-state index >= 15 is 0 Å². The van der Waals surface area contributed by atoms with Gasteiger partial charge < -0.3 is 9.42 Å². The fourth-order valence-electron chi connectivity index (χ4n) is 2.28. The first-order valence-electron chi connectivity index (χ1n) is 6.48. The third-order valence-electron chi connectivity index (χ3n) is 3.45. The third-order valence-corrected chi connectivity index (χ3v) is 3.94. The molecule has 3 rings (SSSR count). The molecule has 0 N–H and O–H groups in total. The molecule has 2 aromatic rings. The van der Waals surface area contributed by atoms with Crippen molar-refractivity contribution in [2.75, 3.05) is 18.0 Å². The Morgan fingerprint density at radius 3 is 2.95 bits per heavy atom.